The van der Waals surface area contributed by atoms with Crippen molar-refractivity contribution in [1.82, 2.24) is 4.98 Å². The minimum absolute atomic E-state index is 0.179. The summed E-state index contributed by atoms with van der Waals surface area (Å²) < 4.78 is 5.54. The summed E-state index contributed by atoms with van der Waals surface area (Å²) in [6.45, 7) is 0.873. The van der Waals surface area contributed by atoms with Crippen molar-refractivity contribution >= 4 is 5.69 Å². The molecule has 1 fully saturated rings. The minimum Gasteiger partial charge on any atom is -0.359 e. The topological polar surface area (TPSA) is 34.2 Å². The predicted octanol–water partition coefficient (Wildman–Crippen LogP) is 2.02. The molecule has 1 N–H and O–H groups in total. The van der Waals surface area contributed by atoms with E-state index in [1.807, 2.05) is 18.3 Å². The number of hydrogen-bond acceptors (Lipinski definition) is 3. The average Bonchev–Trinajstić information content (AvgIpc) is 2.21. The highest BCUT2D eigenvalue weighted by Crippen LogP contribution is 2.15. The van der Waals surface area contributed by atoms with Crippen LogP contribution in [0.5, 0.6) is 0 Å². The van der Waals surface area contributed by atoms with E-state index in [9.17, 15) is 0 Å². The third-order valence-corrected chi connectivity index (χ3v) is 2.17. The summed E-state index contributed by atoms with van der Waals surface area (Å²) in [5.41, 5.74) is 1.04. The van der Waals surface area contributed by atoms with Crippen molar-refractivity contribution in [3.05, 3.63) is 24.5 Å². The molecular weight excluding hydrogens is 164 g/mol. The Bertz CT molecular complexity index is 244. The Morgan fingerprint density at radius 1 is 1.46 bits per heavy atom. The number of nitrogens with one attached hydrogen (secondary N) is 1. The van der Waals surface area contributed by atoms with Gasteiger partial charge in [-0.1, -0.05) is 0 Å². The van der Waals surface area contributed by atoms with Crippen molar-refractivity contribution in [1.29, 1.82) is 0 Å². The Labute approximate surface area is 78.1 Å². The lowest BCUT2D eigenvalue weighted by atomic mass is 10.2. The maximum atomic E-state index is 5.54. The van der Waals surface area contributed by atoms with Gasteiger partial charge < -0.3 is 10.1 Å². The number of rotatable bonds is 2. The average molecular weight is 178 g/mol. The molecule has 0 amide bonds. The maximum Gasteiger partial charge on any atom is 0.127 e. The molecule has 1 aromatic rings. The van der Waals surface area contributed by atoms with Crippen molar-refractivity contribution in [2.75, 3.05) is 11.9 Å². The first-order chi connectivity index (χ1) is 6.45. The van der Waals surface area contributed by atoms with Crippen LogP contribution in [0.2, 0.25) is 0 Å². The van der Waals surface area contributed by atoms with Gasteiger partial charge in [-0.15, -0.1) is 0 Å². The Balaban J connectivity index is 1.90. The molecule has 3 nitrogen and oxygen atoms in total. The molecule has 2 rings (SSSR count). The molecule has 0 aliphatic carbocycles. The fourth-order valence-electron chi connectivity index (χ4n) is 1.49. The van der Waals surface area contributed by atoms with Crippen LogP contribution in [0, 0.1) is 0 Å². The van der Waals surface area contributed by atoms with E-state index in [0.717, 1.165) is 18.7 Å². The van der Waals surface area contributed by atoms with Gasteiger partial charge in [0.1, 0.15) is 6.23 Å². The van der Waals surface area contributed by atoms with Gasteiger partial charge in [0.15, 0.2) is 0 Å². The smallest absolute Gasteiger partial charge is 0.127 e. The van der Waals surface area contributed by atoms with Gasteiger partial charge in [-0.2, -0.15) is 0 Å². The lowest BCUT2D eigenvalue weighted by Gasteiger charge is -2.24. The molecule has 0 saturated carbocycles. The number of nitrogens with zero attached hydrogens (tertiary/aromatic N) is 1. The second-order valence-corrected chi connectivity index (χ2v) is 3.24. The predicted molar refractivity (Wildman–Crippen MR) is 51.5 cm³/mol. The van der Waals surface area contributed by atoms with Gasteiger partial charge in [-0.25, -0.2) is 0 Å². The molecule has 1 atom stereocenters. The van der Waals surface area contributed by atoms with E-state index in [-0.39, 0.29) is 6.23 Å². The van der Waals surface area contributed by atoms with Crippen LogP contribution in [-0.4, -0.2) is 17.8 Å². The number of pyridine rings is 1. The largest absolute Gasteiger partial charge is 0.359 e. The lowest BCUT2D eigenvalue weighted by molar-refractivity contribution is 0.0343. The number of anilines is 1. The van der Waals surface area contributed by atoms with Crippen molar-refractivity contribution < 1.29 is 4.74 Å². The van der Waals surface area contributed by atoms with E-state index in [0.29, 0.717) is 0 Å². The number of ether oxygens (including phenoxy) is 1. The SMILES string of the molecule is c1cncc(NC2CCCCO2)c1. The summed E-state index contributed by atoms with van der Waals surface area (Å²) in [6.07, 6.45) is 7.29. The van der Waals surface area contributed by atoms with Gasteiger partial charge >= 0.3 is 0 Å². The van der Waals surface area contributed by atoms with Gasteiger partial charge in [-0.3, -0.25) is 4.98 Å². The van der Waals surface area contributed by atoms with Crippen molar-refractivity contribution in [2.24, 2.45) is 0 Å². The molecule has 1 aromatic heterocycles. The standard InChI is InChI=1S/C10H14N2O/c1-2-7-13-10(5-1)12-9-4-3-6-11-8-9/h3-4,6,8,10,12H,1-2,5,7H2. The molecule has 3 heteroatoms. The van der Waals surface area contributed by atoms with E-state index in [1.54, 1.807) is 6.20 Å². The molecule has 0 bridgehead atoms. The summed E-state index contributed by atoms with van der Waals surface area (Å²) in [4.78, 5) is 4.03. The molecule has 2 heterocycles. The highest BCUT2D eigenvalue weighted by Gasteiger charge is 2.12. The molecule has 1 aliphatic rings. The third kappa shape index (κ3) is 2.42. The van der Waals surface area contributed by atoms with Gasteiger partial charge in [0, 0.05) is 19.0 Å². The van der Waals surface area contributed by atoms with Gasteiger partial charge in [-0.05, 0) is 31.4 Å². The molecule has 0 spiro atoms. The van der Waals surface area contributed by atoms with Gasteiger partial charge in [0.25, 0.3) is 0 Å². The molecule has 1 saturated heterocycles. The highest BCUT2D eigenvalue weighted by molar-refractivity contribution is 5.40. The zero-order chi connectivity index (χ0) is 8.93. The van der Waals surface area contributed by atoms with Crippen LogP contribution in [0.15, 0.2) is 24.5 Å². The third-order valence-electron chi connectivity index (χ3n) is 2.17. The highest BCUT2D eigenvalue weighted by atomic mass is 16.5. The second-order valence-electron chi connectivity index (χ2n) is 3.24. The minimum atomic E-state index is 0.179. The normalized spacial score (nSPS) is 22.6. The molecule has 70 valence electrons. The van der Waals surface area contributed by atoms with Crippen molar-refractivity contribution in [3.8, 4) is 0 Å². The first-order valence-corrected chi connectivity index (χ1v) is 4.73. The zero-order valence-electron chi connectivity index (χ0n) is 7.57. The maximum absolute atomic E-state index is 5.54. The lowest BCUT2D eigenvalue weighted by Crippen LogP contribution is -2.27. The van der Waals surface area contributed by atoms with Crippen LogP contribution >= 0.6 is 0 Å². The quantitative estimate of drug-likeness (QED) is 0.752. The van der Waals surface area contributed by atoms with E-state index in [1.165, 1.54) is 12.8 Å². The van der Waals surface area contributed by atoms with Crippen LogP contribution in [0.3, 0.4) is 0 Å². The fourth-order valence-corrected chi connectivity index (χ4v) is 1.49. The van der Waals surface area contributed by atoms with E-state index < -0.39 is 0 Å². The Morgan fingerprint density at radius 2 is 2.46 bits per heavy atom. The second kappa shape index (κ2) is 4.23. The van der Waals surface area contributed by atoms with Crippen molar-refractivity contribution in [3.63, 3.8) is 0 Å². The summed E-state index contributed by atoms with van der Waals surface area (Å²) >= 11 is 0. The van der Waals surface area contributed by atoms with Gasteiger partial charge in [0.2, 0.25) is 0 Å². The first kappa shape index (κ1) is 8.51. The Morgan fingerprint density at radius 3 is 3.15 bits per heavy atom. The summed E-state index contributed by atoms with van der Waals surface area (Å²) in [7, 11) is 0. The number of aromatic nitrogens is 1. The molecule has 0 radical (unpaired) electrons. The van der Waals surface area contributed by atoms with E-state index in [2.05, 4.69) is 10.3 Å². The number of hydrogen-bond donors (Lipinski definition) is 1. The van der Waals surface area contributed by atoms with Crippen LogP contribution in [-0.2, 0) is 4.74 Å². The van der Waals surface area contributed by atoms with E-state index in [4.69, 9.17) is 4.74 Å². The van der Waals surface area contributed by atoms with Gasteiger partial charge in [0.05, 0.1) is 5.69 Å². The molecule has 13 heavy (non-hydrogen) atoms. The molecular formula is C10H14N2O. The first-order valence-electron chi connectivity index (χ1n) is 4.73. The van der Waals surface area contributed by atoms with Crippen LogP contribution in [0.1, 0.15) is 19.3 Å². The molecule has 1 aliphatic heterocycles. The zero-order valence-corrected chi connectivity index (χ0v) is 7.57. The summed E-state index contributed by atoms with van der Waals surface area (Å²) in [5.74, 6) is 0. The van der Waals surface area contributed by atoms with Crippen LogP contribution in [0.25, 0.3) is 0 Å². The van der Waals surface area contributed by atoms with Crippen molar-refractivity contribution in [2.45, 2.75) is 25.5 Å². The Hall–Kier alpha value is -1.09. The van der Waals surface area contributed by atoms with Crippen LogP contribution in [0.4, 0.5) is 5.69 Å². The fraction of sp³-hybridized carbons (Fsp3) is 0.500. The summed E-state index contributed by atoms with van der Waals surface area (Å²) in [6, 6.07) is 3.93. The molecule has 1 unspecified atom stereocenters. The summed E-state index contributed by atoms with van der Waals surface area (Å²) in [5, 5.41) is 3.30. The monoisotopic (exact) mass is 178 g/mol. The van der Waals surface area contributed by atoms with E-state index >= 15 is 0 Å². The molecule has 0 aromatic carbocycles. The van der Waals surface area contributed by atoms with Crippen LogP contribution < -0.4 is 5.32 Å². The Kier molecular flexibility index (Phi) is 2.77.